The van der Waals surface area contributed by atoms with Crippen LogP contribution in [0.15, 0.2) is 94.3 Å². The summed E-state index contributed by atoms with van der Waals surface area (Å²) in [5.74, 6) is 0.388. The van der Waals surface area contributed by atoms with Gasteiger partial charge in [0.1, 0.15) is 0 Å². The van der Waals surface area contributed by atoms with Crippen LogP contribution in [0.2, 0.25) is 0 Å². The summed E-state index contributed by atoms with van der Waals surface area (Å²) in [5.41, 5.74) is 7.34. The van der Waals surface area contributed by atoms with Crippen LogP contribution in [0.4, 0.5) is 0 Å². The Balaban J connectivity index is 0.00000105. The number of hydrogen-bond acceptors (Lipinski definition) is 0. The number of rotatable bonds is 3. The minimum Gasteiger partial charge on any atom is -1.00 e. The van der Waals surface area contributed by atoms with Crippen molar-refractivity contribution in [3.63, 3.8) is 0 Å². The van der Waals surface area contributed by atoms with Crippen molar-refractivity contribution in [1.29, 1.82) is 0 Å². The predicted molar refractivity (Wildman–Crippen MR) is 101 cm³/mol. The van der Waals surface area contributed by atoms with E-state index in [1.165, 1.54) is 28.7 Å². The Morgan fingerprint density at radius 3 is 2.26 bits per heavy atom. The fraction of sp³-hybridized carbons (Fsp3) is 0.0833. The summed E-state index contributed by atoms with van der Waals surface area (Å²) in [6, 6.07) is 27.0. The molecule has 2 aliphatic rings. The third kappa shape index (κ3) is 3.66. The first-order valence-electron chi connectivity index (χ1n) is 8.82. The van der Waals surface area contributed by atoms with Gasteiger partial charge in [-0.2, -0.15) is 0 Å². The third-order valence-corrected chi connectivity index (χ3v) is 8.59. The smallest absolute Gasteiger partial charge is 1.00 e. The van der Waals surface area contributed by atoms with Gasteiger partial charge in [-0.1, -0.05) is 0 Å². The van der Waals surface area contributed by atoms with E-state index in [0.29, 0.717) is 5.92 Å². The van der Waals surface area contributed by atoms with E-state index in [9.17, 15) is 0 Å². The van der Waals surface area contributed by atoms with Crippen LogP contribution in [0.3, 0.4) is 0 Å². The average molecular weight is 469 g/mol. The molecule has 0 aliphatic heterocycles. The maximum absolute atomic E-state index is 2.39. The molecule has 5 rings (SSSR count). The zero-order valence-electron chi connectivity index (χ0n) is 14.7. The monoisotopic (exact) mass is 466 g/mol. The molecule has 0 saturated heterocycles. The second-order valence-corrected chi connectivity index (χ2v) is 10.2. The van der Waals surface area contributed by atoms with Gasteiger partial charge in [0.15, 0.2) is 0 Å². The summed E-state index contributed by atoms with van der Waals surface area (Å²) in [7, 11) is 0. The Hall–Kier alpha value is -1.40. The van der Waals surface area contributed by atoms with Crippen molar-refractivity contribution in [3.8, 4) is 11.1 Å². The minimum absolute atomic E-state index is 0. The molecule has 0 N–H and O–H groups in total. The Bertz CT molecular complexity index is 1010. The first-order valence-corrected chi connectivity index (χ1v) is 11.3. The summed E-state index contributed by atoms with van der Waals surface area (Å²) in [6.45, 7) is 0. The molecule has 1 atom stereocenters. The molecule has 2 aliphatic carbocycles. The first-order chi connectivity index (χ1) is 12.4. The van der Waals surface area contributed by atoms with E-state index < -0.39 is 23.2 Å². The van der Waals surface area contributed by atoms with E-state index >= 15 is 0 Å². The first kappa shape index (κ1) is 20.3. The largest absolute Gasteiger partial charge is 1.00 e. The topological polar surface area (TPSA) is 0 Å². The summed E-state index contributed by atoms with van der Waals surface area (Å²) in [5, 5.41) is 0. The Morgan fingerprint density at radius 1 is 0.741 bits per heavy atom. The zero-order chi connectivity index (χ0) is 16.6. The van der Waals surface area contributed by atoms with Gasteiger partial charge in [-0.15, -0.1) is 0 Å². The number of allylic oxidation sites excluding steroid dienone is 4. The normalized spacial score (nSPS) is 15.7. The number of hydrogen-bond donors (Lipinski definition) is 0. The van der Waals surface area contributed by atoms with E-state index in [2.05, 4.69) is 91.0 Å². The maximum atomic E-state index is 2.39. The van der Waals surface area contributed by atoms with E-state index in [4.69, 9.17) is 0 Å². The molecular formula is C24H18Cl2Zr. The second kappa shape index (κ2) is 8.74. The van der Waals surface area contributed by atoms with Crippen molar-refractivity contribution in [1.82, 2.24) is 0 Å². The molecule has 0 spiro atoms. The van der Waals surface area contributed by atoms with Crippen LogP contribution in [0.1, 0.15) is 29.0 Å². The zero-order valence-corrected chi connectivity index (χ0v) is 18.7. The molecule has 0 heterocycles. The van der Waals surface area contributed by atoms with Crippen LogP contribution in [0, 0.1) is 0 Å². The van der Waals surface area contributed by atoms with Gasteiger partial charge in [-0.3, -0.25) is 0 Å². The molecule has 0 nitrogen and oxygen atoms in total. The van der Waals surface area contributed by atoms with Crippen molar-refractivity contribution < 1.29 is 48.0 Å². The molecule has 3 aromatic rings. The molecule has 0 aromatic heterocycles. The summed E-state index contributed by atoms with van der Waals surface area (Å²) >= 11 is -0.736. The van der Waals surface area contributed by atoms with Crippen LogP contribution in [0.25, 0.3) is 11.1 Å². The SMILES string of the molecule is C1=CC[C]([Zr+2][c]2cccc3c2C(c2ccccc2)c2ccccc2-3)=C1.[Cl-].[Cl-]. The summed E-state index contributed by atoms with van der Waals surface area (Å²) in [6.07, 6.45) is 8.04. The Labute approximate surface area is 184 Å². The predicted octanol–water partition coefficient (Wildman–Crippen LogP) is -0.593. The molecule has 3 heteroatoms. The molecule has 0 fully saturated rings. The quantitative estimate of drug-likeness (QED) is 0.377. The standard InChI is InChI=1S/C19H13.C5H5.2ClH.Zr/c1-2-8-14(9-3-1)19-17-12-6-4-10-15(17)16-11-5-7-13-18(16)19;1-2-4-5-3-1;;;/h1-12,19H;1-3H,4H2;2*1H;/q;;;;+2/p-2. The second-order valence-electron chi connectivity index (χ2n) is 6.65. The minimum atomic E-state index is -0.736. The maximum Gasteiger partial charge on any atom is -1.00 e. The van der Waals surface area contributed by atoms with Gasteiger partial charge in [0.25, 0.3) is 0 Å². The molecule has 3 aromatic carbocycles. The van der Waals surface area contributed by atoms with E-state index in [1.54, 1.807) is 12.1 Å². The molecule has 1 unspecified atom stereocenters. The molecular weight excluding hydrogens is 450 g/mol. The van der Waals surface area contributed by atoms with E-state index in [1.807, 2.05) is 0 Å². The van der Waals surface area contributed by atoms with Gasteiger partial charge in [0, 0.05) is 0 Å². The van der Waals surface area contributed by atoms with Gasteiger partial charge < -0.3 is 24.8 Å². The van der Waals surface area contributed by atoms with Gasteiger partial charge in [-0.25, -0.2) is 0 Å². The third-order valence-electron chi connectivity index (χ3n) is 5.16. The van der Waals surface area contributed by atoms with Crippen LogP contribution in [-0.2, 0) is 23.2 Å². The average Bonchev–Trinajstić information content (AvgIpc) is 3.29. The van der Waals surface area contributed by atoms with Crippen molar-refractivity contribution in [2.45, 2.75) is 12.3 Å². The van der Waals surface area contributed by atoms with Crippen LogP contribution in [-0.4, -0.2) is 0 Å². The number of benzene rings is 3. The van der Waals surface area contributed by atoms with Gasteiger partial charge in [0.2, 0.25) is 0 Å². The summed E-state index contributed by atoms with van der Waals surface area (Å²) in [4.78, 5) is 0. The number of fused-ring (bicyclic) bond motifs is 3. The van der Waals surface area contributed by atoms with Crippen molar-refractivity contribution >= 4 is 3.27 Å². The fourth-order valence-corrected chi connectivity index (χ4v) is 7.36. The van der Waals surface area contributed by atoms with Crippen molar-refractivity contribution in [2.24, 2.45) is 0 Å². The van der Waals surface area contributed by atoms with Gasteiger partial charge >= 0.3 is 161 Å². The van der Waals surface area contributed by atoms with Crippen LogP contribution < -0.4 is 28.1 Å². The molecule has 0 radical (unpaired) electrons. The molecule has 0 saturated carbocycles. The molecule has 0 amide bonds. The van der Waals surface area contributed by atoms with Crippen LogP contribution in [0.5, 0.6) is 0 Å². The molecule has 132 valence electrons. The number of halogens is 2. The summed E-state index contributed by atoms with van der Waals surface area (Å²) < 4.78 is 3.32. The van der Waals surface area contributed by atoms with E-state index in [-0.39, 0.29) is 24.8 Å². The van der Waals surface area contributed by atoms with Crippen molar-refractivity contribution in [3.05, 3.63) is 111 Å². The molecule has 0 bridgehead atoms. The van der Waals surface area contributed by atoms with E-state index in [0.717, 1.165) is 0 Å². The van der Waals surface area contributed by atoms with Crippen molar-refractivity contribution in [2.75, 3.05) is 0 Å². The van der Waals surface area contributed by atoms with Crippen LogP contribution >= 0.6 is 0 Å². The fourth-order valence-electron chi connectivity index (χ4n) is 4.07. The van der Waals surface area contributed by atoms with Gasteiger partial charge in [0.05, 0.1) is 0 Å². The molecule has 27 heavy (non-hydrogen) atoms. The Morgan fingerprint density at radius 2 is 1.48 bits per heavy atom. The Kier molecular flexibility index (Phi) is 6.58. The van der Waals surface area contributed by atoms with Gasteiger partial charge in [-0.05, 0) is 0 Å².